The topological polar surface area (TPSA) is 45.6 Å². The molecule has 0 aliphatic heterocycles. The van der Waals surface area contributed by atoms with Gasteiger partial charge in [-0.1, -0.05) is 12.1 Å². The van der Waals surface area contributed by atoms with Crippen LogP contribution in [0.3, 0.4) is 0 Å². The van der Waals surface area contributed by atoms with Crippen LogP contribution in [0.2, 0.25) is 0 Å². The van der Waals surface area contributed by atoms with Crippen LogP contribution in [0.25, 0.3) is 10.6 Å². The minimum absolute atomic E-state index is 0.0913. The molecule has 0 atom stereocenters. The van der Waals surface area contributed by atoms with Gasteiger partial charge in [-0.25, -0.2) is 9.37 Å². The molecule has 4 nitrogen and oxygen atoms in total. The standard InChI is InChI=1S/C15H19FN2O2S/c1-20-9-7-18(6-8-19)10-12-11-21-15(17-12)13-4-2-3-5-14(13)16/h2-5,11,19H,6-10H2,1H3. The number of thiazole rings is 1. The number of benzene rings is 1. The summed E-state index contributed by atoms with van der Waals surface area (Å²) in [6.07, 6.45) is 0. The lowest BCUT2D eigenvalue weighted by molar-refractivity contribution is 0.126. The summed E-state index contributed by atoms with van der Waals surface area (Å²) in [7, 11) is 1.65. The zero-order valence-electron chi connectivity index (χ0n) is 12.0. The Labute approximate surface area is 127 Å². The SMILES string of the molecule is COCCN(CCO)Cc1csc(-c2ccccc2F)n1. The summed E-state index contributed by atoms with van der Waals surface area (Å²) in [4.78, 5) is 6.55. The minimum Gasteiger partial charge on any atom is -0.395 e. The van der Waals surface area contributed by atoms with Crippen molar-refractivity contribution in [2.45, 2.75) is 6.54 Å². The van der Waals surface area contributed by atoms with Crippen LogP contribution in [0.15, 0.2) is 29.6 Å². The van der Waals surface area contributed by atoms with E-state index >= 15 is 0 Å². The third kappa shape index (κ3) is 4.57. The van der Waals surface area contributed by atoms with Gasteiger partial charge >= 0.3 is 0 Å². The van der Waals surface area contributed by atoms with Gasteiger partial charge in [0, 0.05) is 37.7 Å². The molecule has 1 aromatic heterocycles. The number of aliphatic hydroxyl groups excluding tert-OH is 1. The van der Waals surface area contributed by atoms with E-state index in [0.29, 0.717) is 30.3 Å². The van der Waals surface area contributed by atoms with E-state index in [1.165, 1.54) is 17.4 Å². The van der Waals surface area contributed by atoms with Crippen LogP contribution in [0.5, 0.6) is 0 Å². The van der Waals surface area contributed by atoms with E-state index in [4.69, 9.17) is 9.84 Å². The first-order valence-corrected chi connectivity index (χ1v) is 7.64. The highest BCUT2D eigenvalue weighted by molar-refractivity contribution is 7.13. The van der Waals surface area contributed by atoms with Crippen LogP contribution in [0, 0.1) is 5.82 Å². The van der Waals surface area contributed by atoms with Crippen LogP contribution >= 0.6 is 11.3 Å². The fourth-order valence-electron chi connectivity index (χ4n) is 2.00. The third-order valence-corrected chi connectivity index (χ3v) is 3.99. The molecule has 0 amide bonds. The number of methoxy groups -OCH3 is 1. The van der Waals surface area contributed by atoms with E-state index in [-0.39, 0.29) is 12.4 Å². The molecule has 1 N–H and O–H groups in total. The molecule has 1 heterocycles. The molecule has 6 heteroatoms. The molecule has 0 aliphatic carbocycles. The summed E-state index contributed by atoms with van der Waals surface area (Å²) in [5, 5.41) is 11.7. The lowest BCUT2D eigenvalue weighted by atomic mass is 10.2. The number of hydrogen-bond donors (Lipinski definition) is 1. The fraction of sp³-hybridized carbons (Fsp3) is 0.400. The van der Waals surface area contributed by atoms with Crippen molar-refractivity contribution in [1.29, 1.82) is 0 Å². The molecule has 0 spiro atoms. The molecule has 0 fully saturated rings. The van der Waals surface area contributed by atoms with Crippen LogP contribution in [0.4, 0.5) is 4.39 Å². The van der Waals surface area contributed by atoms with Crippen molar-refractivity contribution >= 4 is 11.3 Å². The van der Waals surface area contributed by atoms with Crippen LogP contribution in [-0.2, 0) is 11.3 Å². The van der Waals surface area contributed by atoms with Gasteiger partial charge < -0.3 is 9.84 Å². The maximum absolute atomic E-state index is 13.7. The largest absolute Gasteiger partial charge is 0.395 e. The average Bonchev–Trinajstić information content (AvgIpc) is 2.94. The van der Waals surface area contributed by atoms with Crippen molar-refractivity contribution < 1.29 is 14.2 Å². The Balaban J connectivity index is 2.06. The molecule has 2 aromatic rings. The van der Waals surface area contributed by atoms with Crippen molar-refractivity contribution in [3.05, 3.63) is 41.2 Å². The molecule has 0 unspecified atom stereocenters. The monoisotopic (exact) mass is 310 g/mol. The zero-order chi connectivity index (χ0) is 15.1. The number of ether oxygens (including phenoxy) is 1. The summed E-state index contributed by atoms with van der Waals surface area (Å²) in [5.74, 6) is -0.259. The molecule has 0 aliphatic rings. The summed E-state index contributed by atoms with van der Waals surface area (Å²) < 4.78 is 18.8. The van der Waals surface area contributed by atoms with Crippen LogP contribution in [-0.4, -0.2) is 48.4 Å². The van der Waals surface area contributed by atoms with Gasteiger partial charge in [0.2, 0.25) is 0 Å². The van der Waals surface area contributed by atoms with Crippen LogP contribution < -0.4 is 0 Å². The Hall–Kier alpha value is -1.34. The quantitative estimate of drug-likeness (QED) is 0.813. The van der Waals surface area contributed by atoms with E-state index < -0.39 is 0 Å². The molecular weight excluding hydrogens is 291 g/mol. The molecular formula is C15H19FN2O2S. The second-order valence-corrected chi connectivity index (χ2v) is 5.47. The minimum atomic E-state index is -0.259. The van der Waals surface area contributed by atoms with Gasteiger partial charge in [0.05, 0.1) is 18.9 Å². The van der Waals surface area contributed by atoms with Gasteiger partial charge in [-0.15, -0.1) is 11.3 Å². The average molecular weight is 310 g/mol. The highest BCUT2D eigenvalue weighted by atomic mass is 32.1. The van der Waals surface area contributed by atoms with E-state index in [0.717, 1.165) is 12.2 Å². The summed E-state index contributed by atoms with van der Waals surface area (Å²) in [6.45, 7) is 2.60. The first-order valence-electron chi connectivity index (χ1n) is 6.76. The number of nitrogens with zero attached hydrogens (tertiary/aromatic N) is 2. The second kappa shape index (κ2) is 8.19. The lowest BCUT2D eigenvalue weighted by Gasteiger charge is -2.19. The molecule has 0 saturated heterocycles. The van der Waals surface area contributed by atoms with Gasteiger partial charge in [0.25, 0.3) is 0 Å². The summed E-state index contributed by atoms with van der Waals surface area (Å²) in [5.41, 5.74) is 1.40. The smallest absolute Gasteiger partial charge is 0.133 e. The molecule has 0 saturated carbocycles. The molecule has 114 valence electrons. The first kappa shape index (κ1) is 16.0. The van der Waals surface area contributed by atoms with E-state index in [2.05, 4.69) is 9.88 Å². The molecule has 1 aromatic carbocycles. The Morgan fingerprint density at radius 3 is 2.86 bits per heavy atom. The molecule has 21 heavy (non-hydrogen) atoms. The third-order valence-electron chi connectivity index (χ3n) is 3.07. The normalized spacial score (nSPS) is 11.2. The Morgan fingerprint density at radius 2 is 2.14 bits per heavy atom. The molecule has 2 rings (SSSR count). The van der Waals surface area contributed by atoms with E-state index in [1.54, 1.807) is 25.3 Å². The van der Waals surface area contributed by atoms with Crippen molar-refractivity contribution in [2.75, 3.05) is 33.4 Å². The van der Waals surface area contributed by atoms with Crippen molar-refractivity contribution in [3.63, 3.8) is 0 Å². The number of halogens is 1. The van der Waals surface area contributed by atoms with Gasteiger partial charge in [-0.05, 0) is 12.1 Å². The van der Waals surface area contributed by atoms with E-state index in [9.17, 15) is 4.39 Å². The van der Waals surface area contributed by atoms with Crippen molar-refractivity contribution in [2.24, 2.45) is 0 Å². The first-order chi connectivity index (χ1) is 10.2. The Bertz CT molecular complexity index is 562. The van der Waals surface area contributed by atoms with E-state index in [1.807, 2.05) is 5.38 Å². The highest BCUT2D eigenvalue weighted by Gasteiger charge is 2.11. The molecule has 0 radical (unpaired) electrons. The van der Waals surface area contributed by atoms with Gasteiger partial charge in [0.15, 0.2) is 0 Å². The predicted octanol–water partition coefficient (Wildman–Crippen LogP) is 2.39. The number of hydrogen-bond acceptors (Lipinski definition) is 5. The van der Waals surface area contributed by atoms with Gasteiger partial charge in [-0.2, -0.15) is 0 Å². The van der Waals surface area contributed by atoms with Crippen molar-refractivity contribution in [1.82, 2.24) is 9.88 Å². The maximum Gasteiger partial charge on any atom is 0.133 e. The summed E-state index contributed by atoms with van der Waals surface area (Å²) in [6, 6.07) is 6.64. The second-order valence-electron chi connectivity index (χ2n) is 4.62. The molecule has 0 bridgehead atoms. The van der Waals surface area contributed by atoms with Gasteiger partial charge in [-0.3, -0.25) is 4.90 Å². The lowest BCUT2D eigenvalue weighted by Crippen LogP contribution is -2.29. The summed E-state index contributed by atoms with van der Waals surface area (Å²) >= 11 is 1.43. The predicted molar refractivity (Wildman–Crippen MR) is 81.7 cm³/mol. The number of rotatable bonds is 8. The number of aromatic nitrogens is 1. The van der Waals surface area contributed by atoms with Crippen molar-refractivity contribution in [3.8, 4) is 10.6 Å². The van der Waals surface area contributed by atoms with Gasteiger partial charge in [0.1, 0.15) is 10.8 Å². The Kier molecular flexibility index (Phi) is 6.25. The zero-order valence-corrected chi connectivity index (χ0v) is 12.8. The van der Waals surface area contributed by atoms with Crippen LogP contribution in [0.1, 0.15) is 5.69 Å². The fourth-order valence-corrected chi connectivity index (χ4v) is 2.84. The highest BCUT2D eigenvalue weighted by Crippen LogP contribution is 2.26. The maximum atomic E-state index is 13.7. The Morgan fingerprint density at radius 1 is 1.33 bits per heavy atom. The number of aliphatic hydroxyl groups is 1.